The van der Waals surface area contributed by atoms with E-state index in [9.17, 15) is 10.2 Å². The summed E-state index contributed by atoms with van der Waals surface area (Å²) in [6.07, 6.45) is -2.99. The average molecular weight is 235 g/mol. The highest BCUT2D eigenvalue weighted by atomic mass is 32.2. The van der Waals surface area contributed by atoms with Crippen molar-refractivity contribution in [3.63, 3.8) is 0 Å². The smallest absolute Gasteiger partial charge is 0.134 e. The van der Waals surface area contributed by atoms with E-state index in [1.54, 1.807) is 0 Å². The summed E-state index contributed by atoms with van der Waals surface area (Å²) in [6, 6.07) is -0.560. The highest BCUT2D eigenvalue weighted by Crippen LogP contribution is 2.36. The largest absolute Gasteiger partial charge is 0.394 e. The van der Waals surface area contributed by atoms with Crippen LogP contribution in [0.3, 0.4) is 0 Å². The molecule has 1 fully saturated rings. The maximum atomic E-state index is 9.72. The molecule has 0 aromatic carbocycles. The van der Waals surface area contributed by atoms with E-state index >= 15 is 0 Å². The van der Waals surface area contributed by atoms with E-state index in [0.717, 1.165) is 0 Å². The first kappa shape index (κ1) is 11.3. The van der Waals surface area contributed by atoms with Crippen LogP contribution in [0.25, 0.3) is 0 Å². The minimum atomic E-state index is -1.14. The molecular weight excluding hydrogens is 222 g/mol. The fourth-order valence-corrected chi connectivity index (χ4v) is 2.80. The van der Waals surface area contributed by atoms with E-state index in [1.807, 2.05) is 0 Å². The molecular formula is C8H13NO5S. The van der Waals surface area contributed by atoms with E-state index in [0.29, 0.717) is 5.04 Å². The minimum absolute atomic E-state index is 0.201. The molecule has 15 heavy (non-hydrogen) atoms. The number of aliphatic hydroxyl groups is 4. The molecule has 0 radical (unpaired) electrons. The number of fused-ring (bicyclic) bond motifs is 1. The molecule has 2 rings (SSSR count). The number of thioether (sulfide) groups is 1. The highest BCUT2D eigenvalue weighted by molar-refractivity contribution is 8.14. The molecule has 1 saturated heterocycles. The van der Waals surface area contributed by atoms with Crippen molar-refractivity contribution >= 4 is 16.8 Å². The molecule has 2 aliphatic rings. The standard InChI is InChI=1S/C8H13NO5S/c10-1-3-6(12)7(13)5-8(14-3)15-4(2-11)9-5/h3,5-8,10-13H,1-2H2/t3-,5-,6-,7-,8-/m1/s1. The number of aliphatic imine (C=N–C) groups is 1. The molecule has 0 aliphatic carbocycles. The summed E-state index contributed by atoms with van der Waals surface area (Å²) >= 11 is 1.22. The molecule has 6 nitrogen and oxygen atoms in total. The molecule has 86 valence electrons. The molecule has 0 unspecified atom stereocenters. The molecule has 2 aliphatic heterocycles. The Morgan fingerprint density at radius 2 is 2.00 bits per heavy atom. The molecule has 4 N–H and O–H groups in total. The van der Waals surface area contributed by atoms with Gasteiger partial charge in [-0.05, 0) is 0 Å². The van der Waals surface area contributed by atoms with E-state index in [-0.39, 0.29) is 13.2 Å². The lowest BCUT2D eigenvalue weighted by molar-refractivity contribution is -0.164. The van der Waals surface area contributed by atoms with Crippen molar-refractivity contribution in [2.75, 3.05) is 13.2 Å². The number of rotatable bonds is 2. The molecule has 0 amide bonds. The van der Waals surface area contributed by atoms with Crippen LogP contribution in [0.2, 0.25) is 0 Å². The van der Waals surface area contributed by atoms with E-state index in [4.69, 9.17) is 14.9 Å². The lowest BCUT2D eigenvalue weighted by atomic mass is 9.99. The quantitative estimate of drug-likeness (QED) is 0.438. The van der Waals surface area contributed by atoms with Gasteiger partial charge in [0.25, 0.3) is 0 Å². The lowest BCUT2D eigenvalue weighted by Gasteiger charge is -2.37. The van der Waals surface area contributed by atoms with Gasteiger partial charge in [-0.3, -0.25) is 4.99 Å². The number of aliphatic hydroxyl groups excluding tert-OH is 4. The van der Waals surface area contributed by atoms with Crippen molar-refractivity contribution in [1.82, 2.24) is 0 Å². The summed E-state index contributed by atoms with van der Waals surface area (Å²) in [5.74, 6) is 0. The minimum Gasteiger partial charge on any atom is -0.394 e. The predicted octanol–water partition coefficient (Wildman–Crippen LogP) is -2.07. The van der Waals surface area contributed by atoms with Crippen molar-refractivity contribution in [3.05, 3.63) is 0 Å². The molecule has 7 heteroatoms. The molecule has 0 saturated carbocycles. The van der Waals surface area contributed by atoms with Gasteiger partial charge in [-0.15, -0.1) is 0 Å². The van der Waals surface area contributed by atoms with Crippen LogP contribution in [0.4, 0.5) is 0 Å². The highest BCUT2D eigenvalue weighted by Gasteiger charge is 2.47. The Bertz CT molecular complexity index is 274. The third-order valence-electron chi connectivity index (χ3n) is 2.53. The van der Waals surface area contributed by atoms with Gasteiger partial charge in [-0.1, -0.05) is 11.8 Å². The number of nitrogens with zero attached hydrogens (tertiary/aromatic N) is 1. The lowest BCUT2D eigenvalue weighted by Crippen LogP contribution is -2.55. The Hall–Kier alpha value is -0.180. The van der Waals surface area contributed by atoms with Crippen molar-refractivity contribution < 1.29 is 25.2 Å². The maximum Gasteiger partial charge on any atom is 0.134 e. The number of hydrogen-bond donors (Lipinski definition) is 4. The first-order valence-electron chi connectivity index (χ1n) is 4.64. The molecule has 2 heterocycles. The van der Waals surface area contributed by atoms with Gasteiger partial charge in [-0.25, -0.2) is 0 Å². The summed E-state index contributed by atoms with van der Waals surface area (Å²) in [4.78, 5) is 4.04. The van der Waals surface area contributed by atoms with Gasteiger partial charge in [0.2, 0.25) is 0 Å². The first-order valence-corrected chi connectivity index (χ1v) is 5.52. The van der Waals surface area contributed by atoms with Gasteiger partial charge in [-0.2, -0.15) is 0 Å². The van der Waals surface area contributed by atoms with Crippen LogP contribution in [0, 0.1) is 0 Å². The van der Waals surface area contributed by atoms with Crippen molar-refractivity contribution in [2.45, 2.75) is 29.8 Å². The van der Waals surface area contributed by atoms with Gasteiger partial charge < -0.3 is 25.2 Å². The van der Waals surface area contributed by atoms with Crippen LogP contribution >= 0.6 is 11.8 Å². The Balaban J connectivity index is 2.12. The zero-order valence-corrected chi connectivity index (χ0v) is 8.67. The van der Waals surface area contributed by atoms with Gasteiger partial charge in [0.05, 0.1) is 18.3 Å². The molecule has 0 aromatic heterocycles. The topological polar surface area (TPSA) is 103 Å². The summed E-state index contributed by atoms with van der Waals surface area (Å²) in [7, 11) is 0. The predicted molar refractivity (Wildman–Crippen MR) is 53.7 cm³/mol. The SMILES string of the molecule is OCC1=N[C@@H]2[C@@H](O)[C@H](O)[C@@H](CO)O[C@@H]2S1. The fourth-order valence-electron chi connectivity index (χ4n) is 1.71. The van der Waals surface area contributed by atoms with Crippen LogP contribution < -0.4 is 0 Å². The molecule has 0 aromatic rings. The van der Waals surface area contributed by atoms with E-state index in [2.05, 4.69) is 4.99 Å². The van der Waals surface area contributed by atoms with Gasteiger partial charge in [0.15, 0.2) is 0 Å². The number of hydrogen-bond acceptors (Lipinski definition) is 7. The molecule has 0 spiro atoms. The van der Waals surface area contributed by atoms with Crippen LogP contribution in [-0.2, 0) is 4.74 Å². The Kier molecular flexibility index (Phi) is 3.29. The monoisotopic (exact) mass is 235 g/mol. The third kappa shape index (κ3) is 1.91. The summed E-state index contributed by atoms with van der Waals surface area (Å²) in [5, 5.41) is 37.6. The van der Waals surface area contributed by atoms with Gasteiger partial charge in [0, 0.05) is 0 Å². The second kappa shape index (κ2) is 4.36. The summed E-state index contributed by atoms with van der Waals surface area (Å²) in [6.45, 7) is -0.551. The van der Waals surface area contributed by atoms with Crippen molar-refractivity contribution in [1.29, 1.82) is 0 Å². The van der Waals surface area contributed by atoms with Crippen LogP contribution in [0.15, 0.2) is 4.99 Å². The zero-order chi connectivity index (χ0) is 11.0. The fraction of sp³-hybridized carbons (Fsp3) is 0.875. The van der Waals surface area contributed by atoms with E-state index in [1.165, 1.54) is 11.8 Å². The Morgan fingerprint density at radius 1 is 1.27 bits per heavy atom. The van der Waals surface area contributed by atoms with Crippen molar-refractivity contribution in [2.24, 2.45) is 4.99 Å². The summed E-state index contributed by atoms with van der Waals surface area (Å²) in [5.41, 5.74) is -0.428. The van der Waals surface area contributed by atoms with Crippen LogP contribution in [0.5, 0.6) is 0 Å². The Labute approximate surface area is 90.6 Å². The second-order valence-corrected chi connectivity index (χ2v) is 4.67. The first-order chi connectivity index (χ1) is 7.17. The zero-order valence-electron chi connectivity index (χ0n) is 7.85. The van der Waals surface area contributed by atoms with Crippen LogP contribution in [0.1, 0.15) is 0 Å². The number of ether oxygens (including phenoxy) is 1. The molecule has 0 bridgehead atoms. The van der Waals surface area contributed by atoms with Crippen LogP contribution in [-0.4, -0.2) is 68.5 Å². The molecule has 5 atom stereocenters. The Morgan fingerprint density at radius 3 is 2.60 bits per heavy atom. The third-order valence-corrected chi connectivity index (χ3v) is 3.66. The van der Waals surface area contributed by atoms with Gasteiger partial charge >= 0.3 is 0 Å². The normalized spacial score (nSPS) is 45.1. The van der Waals surface area contributed by atoms with Crippen molar-refractivity contribution in [3.8, 4) is 0 Å². The average Bonchev–Trinajstić information content (AvgIpc) is 2.66. The van der Waals surface area contributed by atoms with E-state index < -0.39 is 29.8 Å². The van der Waals surface area contributed by atoms with Gasteiger partial charge in [0.1, 0.15) is 29.8 Å². The second-order valence-electron chi connectivity index (χ2n) is 3.50. The summed E-state index contributed by atoms with van der Waals surface area (Å²) < 4.78 is 5.35. The maximum absolute atomic E-state index is 9.72.